The molecule has 1 aliphatic carbocycles. The molecule has 0 aromatic heterocycles. The van der Waals surface area contributed by atoms with Crippen LogP contribution in [0.1, 0.15) is 52.4 Å². The molecule has 0 saturated carbocycles. The maximum absolute atomic E-state index is 4.00. The lowest BCUT2D eigenvalue weighted by Gasteiger charge is -2.15. The van der Waals surface area contributed by atoms with Gasteiger partial charge in [-0.1, -0.05) is 30.7 Å². The Labute approximate surface area is 82.7 Å². The van der Waals surface area contributed by atoms with Crippen molar-refractivity contribution < 1.29 is 0 Å². The van der Waals surface area contributed by atoms with E-state index in [-0.39, 0.29) is 0 Å². The van der Waals surface area contributed by atoms with Gasteiger partial charge in [0, 0.05) is 0 Å². The highest BCUT2D eigenvalue weighted by atomic mass is 14.1. The number of allylic oxidation sites excluding steroid dienone is 3. The molecule has 1 atom stereocenters. The van der Waals surface area contributed by atoms with E-state index < -0.39 is 0 Å². The molecule has 0 saturated heterocycles. The Hall–Kier alpha value is -0.520. The van der Waals surface area contributed by atoms with Crippen LogP contribution in [0.4, 0.5) is 0 Å². The van der Waals surface area contributed by atoms with E-state index in [0.717, 1.165) is 0 Å². The molecule has 0 aromatic rings. The van der Waals surface area contributed by atoms with E-state index in [1.54, 1.807) is 5.57 Å². The van der Waals surface area contributed by atoms with Crippen molar-refractivity contribution in [1.29, 1.82) is 0 Å². The van der Waals surface area contributed by atoms with Crippen molar-refractivity contribution in [3.63, 3.8) is 0 Å². The highest BCUT2D eigenvalue weighted by Gasteiger charge is 2.06. The molecule has 0 N–H and O–H groups in total. The van der Waals surface area contributed by atoms with Gasteiger partial charge in [0.05, 0.1) is 0 Å². The lowest BCUT2D eigenvalue weighted by molar-refractivity contribution is 0.583. The van der Waals surface area contributed by atoms with E-state index in [4.69, 9.17) is 0 Å². The van der Waals surface area contributed by atoms with E-state index in [1.165, 1.54) is 44.1 Å². The zero-order valence-corrected chi connectivity index (χ0v) is 9.10. The SMILES string of the molecule is C=C(C)C(C)CCC1=CCCCC1. The standard InChI is InChI=1S/C13H22/c1-11(2)12(3)9-10-13-7-5-4-6-8-13/h7,12H,1,4-6,8-10H2,2-3H3. The van der Waals surface area contributed by atoms with Gasteiger partial charge in [-0.05, 0) is 51.4 Å². The second kappa shape index (κ2) is 5.26. The topological polar surface area (TPSA) is 0 Å². The minimum absolute atomic E-state index is 0.697. The summed E-state index contributed by atoms with van der Waals surface area (Å²) in [5.74, 6) is 0.697. The average molecular weight is 178 g/mol. The summed E-state index contributed by atoms with van der Waals surface area (Å²) < 4.78 is 0. The van der Waals surface area contributed by atoms with Crippen LogP contribution in [-0.4, -0.2) is 0 Å². The van der Waals surface area contributed by atoms with Crippen LogP contribution in [0.2, 0.25) is 0 Å². The van der Waals surface area contributed by atoms with Gasteiger partial charge in [-0.15, -0.1) is 0 Å². The molecule has 1 aliphatic rings. The molecular weight excluding hydrogens is 156 g/mol. The maximum Gasteiger partial charge on any atom is -0.0234 e. The van der Waals surface area contributed by atoms with Gasteiger partial charge in [-0.3, -0.25) is 0 Å². The Bertz CT molecular complexity index is 198. The molecule has 1 unspecified atom stereocenters. The summed E-state index contributed by atoms with van der Waals surface area (Å²) in [5.41, 5.74) is 3.02. The van der Waals surface area contributed by atoms with E-state index in [2.05, 4.69) is 26.5 Å². The quantitative estimate of drug-likeness (QED) is 0.557. The molecule has 0 aromatic carbocycles. The van der Waals surface area contributed by atoms with Crippen molar-refractivity contribution in [3.05, 3.63) is 23.8 Å². The van der Waals surface area contributed by atoms with Crippen LogP contribution >= 0.6 is 0 Å². The van der Waals surface area contributed by atoms with E-state index >= 15 is 0 Å². The molecule has 0 radical (unpaired) electrons. The molecule has 0 heteroatoms. The van der Waals surface area contributed by atoms with Gasteiger partial charge in [0.15, 0.2) is 0 Å². The highest BCUT2D eigenvalue weighted by molar-refractivity contribution is 5.06. The summed E-state index contributed by atoms with van der Waals surface area (Å²) in [6, 6.07) is 0. The monoisotopic (exact) mass is 178 g/mol. The first kappa shape index (κ1) is 10.6. The molecule has 0 amide bonds. The molecule has 1 rings (SSSR count). The predicted octanol–water partition coefficient (Wildman–Crippen LogP) is 4.48. The van der Waals surface area contributed by atoms with Gasteiger partial charge in [-0.25, -0.2) is 0 Å². The summed E-state index contributed by atoms with van der Waals surface area (Å²) in [4.78, 5) is 0. The fourth-order valence-corrected chi connectivity index (χ4v) is 1.78. The third kappa shape index (κ3) is 3.80. The zero-order chi connectivity index (χ0) is 9.68. The zero-order valence-electron chi connectivity index (χ0n) is 9.10. The fraction of sp³-hybridized carbons (Fsp3) is 0.692. The van der Waals surface area contributed by atoms with Crippen LogP contribution in [0.25, 0.3) is 0 Å². The van der Waals surface area contributed by atoms with Gasteiger partial charge in [0.1, 0.15) is 0 Å². The molecule has 0 bridgehead atoms. The van der Waals surface area contributed by atoms with Crippen molar-refractivity contribution in [2.45, 2.75) is 52.4 Å². The lowest BCUT2D eigenvalue weighted by atomic mass is 9.91. The molecular formula is C13H22. The highest BCUT2D eigenvalue weighted by Crippen LogP contribution is 2.24. The summed E-state index contributed by atoms with van der Waals surface area (Å²) in [7, 11) is 0. The minimum Gasteiger partial charge on any atom is -0.0999 e. The third-order valence-electron chi connectivity index (χ3n) is 3.12. The summed E-state index contributed by atoms with van der Waals surface area (Å²) in [6.07, 6.45) is 10.5. The molecule has 0 heterocycles. The Morgan fingerprint density at radius 1 is 1.54 bits per heavy atom. The van der Waals surface area contributed by atoms with E-state index in [0.29, 0.717) is 5.92 Å². The molecule has 0 aliphatic heterocycles. The van der Waals surface area contributed by atoms with Crippen LogP contribution in [0, 0.1) is 5.92 Å². The van der Waals surface area contributed by atoms with Crippen LogP contribution in [0.3, 0.4) is 0 Å². The van der Waals surface area contributed by atoms with Crippen molar-refractivity contribution in [2.24, 2.45) is 5.92 Å². The van der Waals surface area contributed by atoms with Gasteiger partial charge < -0.3 is 0 Å². The van der Waals surface area contributed by atoms with Crippen LogP contribution < -0.4 is 0 Å². The van der Waals surface area contributed by atoms with Gasteiger partial charge >= 0.3 is 0 Å². The van der Waals surface area contributed by atoms with Crippen LogP contribution in [-0.2, 0) is 0 Å². The van der Waals surface area contributed by atoms with Crippen LogP contribution in [0.5, 0.6) is 0 Å². The first-order chi connectivity index (χ1) is 6.20. The first-order valence-corrected chi connectivity index (χ1v) is 5.53. The van der Waals surface area contributed by atoms with Crippen molar-refractivity contribution in [2.75, 3.05) is 0 Å². The minimum atomic E-state index is 0.697. The molecule has 0 spiro atoms. The number of hydrogen-bond acceptors (Lipinski definition) is 0. The van der Waals surface area contributed by atoms with Crippen LogP contribution in [0.15, 0.2) is 23.8 Å². The van der Waals surface area contributed by atoms with E-state index in [9.17, 15) is 0 Å². The summed E-state index contributed by atoms with van der Waals surface area (Å²) >= 11 is 0. The Morgan fingerprint density at radius 2 is 2.31 bits per heavy atom. The lowest BCUT2D eigenvalue weighted by Crippen LogP contribution is -1.98. The van der Waals surface area contributed by atoms with Gasteiger partial charge in [-0.2, -0.15) is 0 Å². The van der Waals surface area contributed by atoms with Crippen molar-refractivity contribution >= 4 is 0 Å². The Kier molecular flexibility index (Phi) is 4.27. The second-order valence-corrected chi connectivity index (χ2v) is 4.39. The predicted molar refractivity (Wildman–Crippen MR) is 59.8 cm³/mol. The largest absolute Gasteiger partial charge is 0.0999 e. The Balaban J connectivity index is 2.25. The molecule has 0 fully saturated rings. The average Bonchev–Trinajstić information content (AvgIpc) is 2.15. The van der Waals surface area contributed by atoms with Crippen molar-refractivity contribution in [3.8, 4) is 0 Å². The third-order valence-corrected chi connectivity index (χ3v) is 3.12. The molecule has 0 nitrogen and oxygen atoms in total. The smallest absolute Gasteiger partial charge is 0.0234 e. The summed E-state index contributed by atoms with van der Waals surface area (Å²) in [5, 5.41) is 0. The normalized spacial score (nSPS) is 19.4. The van der Waals surface area contributed by atoms with E-state index in [1.807, 2.05) is 0 Å². The van der Waals surface area contributed by atoms with Gasteiger partial charge in [0.25, 0.3) is 0 Å². The molecule has 13 heavy (non-hydrogen) atoms. The Morgan fingerprint density at radius 3 is 2.85 bits per heavy atom. The first-order valence-electron chi connectivity index (χ1n) is 5.53. The maximum atomic E-state index is 4.00. The number of rotatable bonds is 4. The second-order valence-electron chi connectivity index (χ2n) is 4.39. The van der Waals surface area contributed by atoms with Crippen molar-refractivity contribution in [1.82, 2.24) is 0 Å². The fourth-order valence-electron chi connectivity index (χ4n) is 1.78. The van der Waals surface area contributed by atoms with Gasteiger partial charge in [0.2, 0.25) is 0 Å². The summed E-state index contributed by atoms with van der Waals surface area (Å²) in [6.45, 7) is 8.42. The number of hydrogen-bond donors (Lipinski definition) is 0. The molecule has 74 valence electrons.